The zero-order valence-electron chi connectivity index (χ0n) is 8.55. The van der Waals surface area contributed by atoms with E-state index < -0.39 is 17.7 Å². The van der Waals surface area contributed by atoms with Crippen LogP contribution in [-0.4, -0.2) is 5.11 Å². The van der Waals surface area contributed by atoms with Crippen LogP contribution in [-0.2, 0) is 0 Å². The van der Waals surface area contributed by atoms with Gasteiger partial charge in [-0.3, -0.25) is 0 Å². The minimum Gasteiger partial charge on any atom is -0.383 e. The van der Waals surface area contributed by atoms with Crippen LogP contribution in [0, 0.1) is 11.6 Å². The molecule has 96 valence electrons. The third-order valence-corrected chi connectivity index (χ3v) is 4.99. The summed E-state index contributed by atoms with van der Waals surface area (Å²) in [4.78, 5) is 0. The zero-order valence-corrected chi connectivity index (χ0v) is 13.3. The molecule has 1 unspecified atom stereocenters. The van der Waals surface area contributed by atoms with Crippen LogP contribution in [0.4, 0.5) is 8.78 Å². The number of hydrogen-bond donors (Lipinski definition) is 1. The quantitative estimate of drug-likeness (QED) is 0.658. The molecule has 0 aliphatic heterocycles. The number of benzene rings is 1. The highest BCUT2D eigenvalue weighted by Gasteiger charge is 2.21. The van der Waals surface area contributed by atoms with Crippen molar-refractivity contribution in [2.75, 3.05) is 0 Å². The van der Waals surface area contributed by atoms with Crippen molar-refractivity contribution < 1.29 is 13.9 Å². The summed E-state index contributed by atoms with van der Waals surface area (Å²) in [5, 5.41) is 9.78. The van der Waals surface area contributed by atoms with Gasteiger partial charge in [-0.15, -0.1) is 11.3 Å². The van der Waals surface area contributed by atoms with Crippen LogP contribution >= 0.6 is 54.8 Å². The van der Waals surface area contributed by atoms with E-state index in [-0.39, 0.29) is 10.6 Å². The first-order valence-corrected chi connectivity index (χ1v) is 7.45. The van der Waals surface area contributed by atoms with Crippen molar-refractivity contribution >= 4 is 54.8 Å². The highest BCUT2D eigenvalue weighted by molar-refractivity contribution is 9.12. The average Bonchev–Trinajstić information content (AvgIpc) is 2.62. The largest absolute Gasteiger partial charge is 0.383 e. The Morgan fingerprint density at radius 3 is 2.33 bits per heavy atom. The number of halogens is 5. The van der Waals surface area contributed by atoms with Gasteiger partial charge in [0, 0.05) is 11.1 Å². The molecule has 0 saturated carbocycles. The number of thiophene rings is 1. The van der Waals surface area contributed by atoms with Crippen LogP contribution in [0.25, 0.3) is 0 Å². The Kier molecular flexibility index (Phi) is 4.44. The topological polar surface area (TPSA) is 20.2 Å². The van der Waals surface area contributed by atoms with E-state index in [1.165, 1.54) is 11.3 Å². The Bertz CT molecular complexity index is 603. The summed E-state index contributed by atoms with van der Waals surface area (Å²) in [7, 11) is 0. The Hall–Kier alpha value is -0.0100. The molecular weight excluding hydrogens is 413 g/mol. The normalized spacial score (nSPS) is 12.8. The van der Waals surface area contributed by atoms with Gasteiger partial charge in [0.05, 0.1) is 12.6 Å². The molecule has 0 aliphatic carbocycles. The van der Waals surface area contributed by atoms with Gasteiger partial charge in [-0.2, -0.15) is 0 Å². The van der Waals surface area contributed by atoms with Gasteiger partial charge in [-0.05, 0) is 50.1 Å². The van der Waals surface area contributed by atoms with Gasteiger partial charge >= 0.3 is 0 Å². The van der Waals surface area contributed by atoms with E-state index in [4.69, 9.17) is 11.6 Å². The first-order chi connectivity index (χ1) is 8.40. The molecule has 0 radical (unpaired) electrons. The lowest BCUT2D eigenvalue weighted by Gasteiger charge is -2.12. The van der Waals surface area contributed by atoms with Crippen molar-refractivity contribution in [1.29, 1.82) is 0 Å². The molecule has 0 spiro atoms. The van der Waals surface area contributed by atoms with E-state index >= 15 is 0 Å². The highest BCUT2D eigenvalue weighted by atomic mass is 79.9. The maximum absolute atomic E-state index is 13.7. The van der Waals surface area contributed by atoms with Gasteiger partial charge in [0.25, 0.3) is 0 Å². The first kappa shape index (κ1) is 14.4. The van der Waals surface area contributed by atoms with Gasteiger partial charge in [0.15, 0.2) is 0 Å². The molecule has 1 aromatic heterocycles. The van der Waals surface area contributed by atoms with Gasteiger partial charge in [-0.1, -0.05) is 11.6 Å². The Morgan fingerprint density at radius 1 is 1.11 bits per heavy atom. The highest BCUT2D eigenvalue weighted by Crippen LogP contribution is 2.38. The van der Waals surface area contributed by atoms with Crippen LogP contribution in [0.1, 0.15) is 17.2 Å². The predicted molar refractivity (Wildman–Crippen MR) is 75.1 cm³/mol. The molecule has 1 N–H and O–H groups in total. The number of hydrogen-bond acceptors (Lipinski definition) is 2. The Morgan fingerprint density at radius 2 is 1.78 bits per heavy atom. The molecule has 2 rings (SSSR count). The fourth-order valence-electron chi connectivity index (χ4n) is 1.45. The molecule has 0 aliphatic rings. The van der Waals surface area contributed by atoms with Gasteiger partial charge in [-0.25, -0.2) is 8.78 Å². The fourth-order valence-corrected chi connectivity index (χ4v) is 4.49. The monoisotopic (exact) mass is 416 g/mol. The lowest BCUT2D eigenvalue weighted by atomic mass is 10.0. The van der Waals surface area contributed by atoms with Crippen molar-refractivity contribution in [3.8, 4) is 0 Å². The summed E-state index contributed by atoms with van der Waals surface area (Å²) in [6.45, 7) is 0. The number of aliphatic hydroxyl groups is 1. The van der Waals surface area contributed by atoms with E-state index in [0.29, 0.717) is 9.35 Å². The van der Waals surface area contributed by atoms with E-state index in [9.17, 15) is 13.9 Å². The maximum atomic E-state index is 13.7. The molecule has 0 fully saturated rings. The second-order valence-electron chi connectivity index (χ2n) is 3.47. The van der Waals surface area contributed by atoms with E-state index in [2.05, 4.69) is 31.9 Å². The molecule has 7 heteroatoms. The van der Waals surface area contributed by atoms with E-state index in [0.717, 1.165) is 15.9 Å². The number of aliphatic hydroxyl groups excluding tert-OH is 1. The maximum Gasteiger partial charge on any atom is 0.142 e. The van der Waals surface area contributed by atoms with Crippen molar-refractivity contribution in [2.45, 2.75) is 6.10 Å². The summed E-state index contributed by atoms with van der Waals surface area (Å²) in [6, 6.07) is 3.40. The van der Waals surface area contributed by atoms with Crippen molar-refractivity contribution in [2.24, 2.45) is 0 Å². The molecule has 0 saturated heterocycles. The Balaban J connectivity index is 2.49. The minimum absolute atomic E-state index is 0.150. The van der Waals surface area contributed by atoms with Crippen molar-refractivity contribution in [3.63, 3.8) is 0 Å². The third-order valence-electron chi connectivity index (χ3n) is 2.31. The predicted octanol–water partition coefficient (Wildman–Crippen LogP) is 5.29. The number of rotatable bonds is 2. The third kappa shape index (κ3) is 2.77. The first-order valence-electron chi connectivity index (χ1n) is 4.67. The van der Waals surface area contributed by atoms with E-state index in [1.807, 2.05) is 0 Å². The summed E-state index contributed by atoms with van der Waals surface area (Å²) < 4.78 is 28.4. The van der Waals surface area contributed by atoms with Crippen molar-refractivity contribution in [1.82, 2.24) is 0 Å². The van der Waals surface area contributed by atoms with E-state index in [1.54, 1.807) is 6.07 Å². The Labute approximate surface area is 128 Å². The van der Waals surface area contributed by atoms with Crippen LogP contribution < -0.4 is 0 Å². The molecule has 0 amide bonds. The summed E-state index contributed by atoms with van der Waals surface area (Å²) >= 11 is 13.3. The lowest BCUT2D eigenvalue weighted by molar-refractivity contribution is 0.214. The smallest absolute Gasteiger partial charge is 0.142 e. The molecule has 1 nitrogen and oxygen atoms in total. The lowest BCUT2D eigenvalue weighted by Crippen LogP contribution is -2.03. The summed E-state index contributed by atoms with van der Waals surface area (Å²) in [6.07, 6.45) is -1.26. The van der Waals surface area contributed by atoms with Gasteiger partial charge < -0.3 is 5.11 Å². The standard InChI is InChI=1S/C11H5Br2ClF2OS/c12-9-2-5(11(13)18-9)10(17)4-1-8(16)6(14)3-7(4)15/h1-3,10,17H. The molecule has 0 bridgehead atoms. The van der Waals surface area contributed by atoms with Gasteiger partial charge in [0.1, 0.15) is 17.7 Å². The molecule has 18 heavy (non-hydrogen) atoms. The van der Waals surface area contributed by atoms with Crippen LogP contribution in [0.2, 0.25) is 5.02 Å². The van der Waals surface area contributed by atoms with Crippen LogP contribution in [0.15, 0.2) is 25.8 Å². The SMILES string of the molecule is OC(c1cc(F)c(Cl)cc1F)c1cc(Br)sc1Br. The van der Waals surface area contributed by atoms with Crippen LogP contribution in [0.3, 0.4) is 0 Å². The van der Waals surface area contributed by atoms with Gasteiger partial charge in [0.2, 0.25) is 0 Å². The van der Waals surface area contributed by atoms with Crippen molar-refractivity contribution in [3.05, 3.63) is 53.6 Å². The van der Waals surface area contributed by atoms with Crippen LogP contribution in [0.5, 0.6) is 0 Å². The summed E-state index contributed by atoms with van der Waals surface area (Å²) in [5.41, 5.74) is 0.315. The second-order valence-corrected chi connectivity index (χ2v) is 7.63. The molecule has 2 aromatic rings. The second kappa shape index (κ2) is 5.54. The minimum atomic E-state index is -1.26. The molecular formula is C11H5Br2ClF2OS. The summed E-state index contributed by atoms with van der Waals surface area (Å²) in [5.74, 6) is -1.51. The fraction of sp³-hybridized carbons (Fsp3) is 0.0909. The molecule has 1 heterocycles. The average molecular weight is 418 g/mol. The molecule has 1 aromatic carbocycles. The molecule has 1 atom stereocenters. The zero-order chi connectivity index (χ0) is 13.4.